The predicted molar refractivity (Wildman–Crippen MR) is 134 cm³/mol. The molecule has 1 aromatic carbocycles. The minimum absolute atomic E-state index is 0.139. The number of carbonyl (C=O) groups excluding carboxylic acids is 1. The Labute approximate surface area is 208 Å². The van der Waals surface area contributed by atoms with E-state index >= 15 is 0 Å². The number of nitrogens with zero attached hydrogens (tertiary/aromatic N) is 6. The number of nitrogens with one attached hydrogen (secondary N) is 2. The fraction of sp³-hybridized carbons (Fsp3) is 0.192. The molecule has 2 N–H and O–H groups in total. The molecule has 10 heteroatoms. The summed E-state index contributed by atoms with van der Waals surface area (Å²) in [6.07, 6.45) is 9.14. The predicted octanol–water partition coefficient (Wildman–Crippen LogP) is 3.97. The molecule has 1 aliphatic rings. The molecule has 3 aromatic heterocycles. The second-order valence-electron chi connectivity index (χ2n) is 8.23. The number of hydrogen-bond donors (Lipinski definition) is 2. The zero-order chi connectivity index (χ0) is 24.9. The van der Waals surface area contributed by atoms with Gasteiger partial charge in [-0.1, -0.05) is 42.2 Å². The largest absolute Gasteiger partial charge is 0.346 e. The van der Waals surface area contributed by atoms with Crippen molar-refractivity contribution in [2.75, 3.05) is 17.2 Å². The first-order chi connectivity index (χ1) is 17.5. The first-order valence-electron chi connectivity index (χ1n) is 11.4. The van der Waals surface area contributed by atoms with Crippen molar-refractivity contribution >= 4 is 23.4 Å². The molecule has 1 atom stereocenters. The Balaban J connectivity index is 1.26. The van der Waals surface area contributed by atoms with Gasteiger partial charge in [-0.05, 0) is 18.6 Å². The van der Waals surface area contributed by atoms with Crippen molar-refractivity contribution in [3.05, 3.63) is 89.8 Å². The van der Waals surface area contributed by atoms with Crippen LogP contribution in [0.2, 0.25) is 0 Å². The van der Waals surface area contributed by atoms with Gasteiger partial charge < -0.3 is 10.6 Å². The van der Waals surface area contributed by atoms with E-state index in [-0.39, 0.29) is 12.1 Å². The number of hydrogen-bond acceptors (Lipinski definition) is 7. The molecule has 0 unspecified atom stereocenters. The molecule has 0 bridgehead atoms. The summed E-state index contributed by atoms with van der Waals surface area (Å²) >= 11 is 0. The summed E-state index contributed by atoms with van der Waals surface area (Å²) < 4.78 is 1.69. The number of carbonyl (C=O) groups is 1. The lowest BCUT2D eigenvalue weighted by Crippen LogP contribution is -2.33. The van der Waals surface area contributed by atoms with Crippen LogP contribution >= 0.6 is 0 Å². The minimum atomic E-state index is -0.351. The maximum Gasteiger partial charge on any atom is 0.346 e. The number of aromatic nitrogens is 5. The first kappa shape index (κ1) is 23.0. The molecule has 1 aliphatic heterocycles. The van der Waals surface area contributed by atoms with Crippen molar-refractivity contribution in [2.45, 2.75) is 19.4 Å². The molecule has 1 saturated heterocycles. The molecular formula is C26H24N8O2. The van der Waals surface area contributed by atoms with E-state index in [2.05, 4.69) is 42.5 Å². The van der Waals surface area contributed by atoms with Crippen LogP contribution in [0.1, 0.15) is 34.8 Å². The van der Waals surface area contributed by atoms with Gasteiger partial charge in [-0.25, -0.2) is 14.8 Å². The molecule has 0 radical (unpaired) electrons. The van der Waals surface area contributed by atoms with E-state index in [0.717, 1.165) is 23.4 Å². The van der Waals surface area contributed by atoms with E-state index in [0.29, 0.717) is 29.4 Å². The van der Waals surface area contributed by atoms with Crippen molar-refractivity contribution < 1.29 is 9.63 Å². The van der Waals surface area contributed by atoms with Gasteiger partial charge in [0, 0.05) is 37.6 Å². The van der Waals surface area contributed by atoms with Gasteiger partial charge in [-0.15, -0.1) is 0 Å². The van der Waals surface area contributed by atoms with Crippen LogP contribution in [0.15, 0.2) is 67.4 Å². The van der Waals surface area contributed by atoms with Crippen LogP contribution in [0, 0.1) is 18.8 Å². The summed E-state index contributed by atoms with van der Waals surface area (Å²) in [5.74, 6) is 6.60. The van der Waals surface area contributed by atoms with E-state index in [4.69, 9.17) is 4.84 Å². The number of rotatable bonds is 4. The van der Waals surface area contributed by atoms with Crippen LogP contribution in [0.25, 0.3) is 0 Å². The average Bonchev–Trinajstić information content (AvgIpc) is 3.55. The van der Waals surface area contributed by atoms with E-state index in [1.54, 1.807) is 35.5 Å². The number of urea groups is 1. The first-order valence-corrected chi connectivity index (χ1v) is 11.4. The molecule has 0 spiro atoms. The van der Waals surface area contributed by atoms with Gasteiger partial charge in [0.25, 0.3) is 0 Å². The fourth-order valence-corrected chi connectivity index (χ4v) is 3.77. The van der Waals surface area contributed by atoms with Crippen molar-refractivity contribution in [1.82, 2.24) is 29.8 Å². The molecule has 5 rings (SSSR count). The number of amides is 2. The lowest BCUT2D eigenvalue weighted by atomic mass is 10.1. The van der Waals surface area contributed by atoms with Gasteiger partial charge in [0.2, 0.25) is 5.95 Å². The Kier molecular flexibility index (Phi) is 6.55. The standard InChI is InChI=1S/C26H24N8O2/c1-18-21(9-8-19-13-28-25(29-14-19)31-23-16-30-33(2)17-23)12-22(15-27-18)32-26(35)34-24(10-11-36-34)20-6-4-3-5-7-20/h3-7,12-17,24H,10-11H2,1-2H3,(H,32,35)(H,28,29,31)/t24-/m0/s1. The minimum Gasteiger partial charge on any atom is -0.321 e. The van der Waals surface area contributed by atoms with Gasteiger partial charge in [-0.2, -0.15) is 10.2 Å². The Morgan fingerprint density at radius 2 is 1.86 bits per heavy atom. The van der Waals surface area contributed by atoms with Crippen LogP contribution < -0.4 is 10.6 Å². The van der Waals surface area contributed by atoms with Crippen molar-refractivity contribution in [2.24, 2.45) is 7.05 Å². The number of aryl methyl sites for hydroxylation is 2. The quantitative estimate of drug-likeness (QED) is 0.425. The second kappa shape index (κ2) is 10.2. The van der Waals surface area contributed by atoms with Gasteiger partial charge in [0.1, 0.15) is 0 Å². The SMILES string of the molecule is Cc1ncc(NC(=O)N2OCC[C@H]2c2ccccc2)cc1C#Cc1cnc(Nc2cnn(C)c2)nc1. The third-order valence-electron chi connectivity index (χ3n) is 5.58. The van der Waals surface area contributed by atoms with Crippen LogP contribution in [-0.2, 0) is 11.9 Å². The highest BCUT2D eigenvalue weighted by Crippen LogP contribution is 2.30. The van der Waals surface area contributed by atoms with E-state index in [1.807, 2.05) is 50.5 Å². The Morgan fingerprint density at radius 3 is 2.61 bits per heavy atom. The summed E-state index contributed by atoms with van der Waals surface area (Å²) in [5.41, 5.74) is 4.44. The summed E-state index contributed by atoms with van der Waals surface area (Å²) in [7, 11) is 1.84. The highest BCUT2D eigenvalue weighted by Gasteiger charge is 2.31. The maximum absolute atomic E-state index is 12.9. The van der Waals surface area contributed by atoms with Crippen molar-refractivity contribution in [1.29, 1.82) is 0 Å². The summed E-state index contributed by atoms with van der Waals surface area (Å²) in [5, 5.41) is 11.4. The molecule has 0 saturated carbocycles. The Hall–Kier alpha value is -4.75. The Bertz CT molecular complexity index is 1420. The van der Waals surface area contributed by atoms with Gasteiger partial charge in [-0.3, -0.25) is 14.5 Å². The third-order valence-corrected chi connectivity index (χ3v) is 5.58. The lowest BCUT2D eigenvalue weighted by Gasteiger charge is -2.23. The average molecular weight is 481 g/mol. The zero-order valence-corrected chi connectivity index (χ0v) is 19.8. The highest BCUT2D eigenvalue weighted by atomic mass is 16.7. The van der Waals surface area contributed by atoms with Crippen molar-refractivity contribution in [3.8, 4) is 11.8 Å². The summed E-state index contributed by atoms with van der Waals surface area (Å²) in [6, 6.07) is 11.1. The smallest absolute Gasteiger partial charge is 0.321 e. The summed E-state index contributed by atoms with van der Waals surface area (Å²) in [6.45, 7) is 2.34. The van der Waals surface area contributed by atoms with E-state index < -0.39 is 0 Å². The number of hydroxylamine groups is 2. The number of benzene rings is 1. The molecule has 0 aliphatic carbocycles. The van der Waals surface area contributed by atoms with Gasteiger partial charge in [0.15, 0.2) is 0 Å². The zero-order valence-electron chi connectivity index (χ0n) is 19.8. The molecule has 2 amide bonds. The fourth-order valence-electron chi connectivity index (χ4n) is 3.77. The van der Waals surface area contributed by atoms with Crippen LogP contribution in [0.4, 0.5) is 22.1 Å². The summed E-state index contributed by atoms with van der Waals surface area (Å²) in [4.78, 5) is 31.5. The molecular weight excluding hydrogens is 456 g/mol. The van der Waals surface area contributed by atoms with Crippen molar-refractivity contribution in [3.63, 3.8) is 0 Å². The van der Waals surface area contributed by atoms with Crippen LogP contribution in [0.5, 0.6) is 0 Å². The topological polar surface area (TPSA) is 110 Å². The molecule has 36 heavy (non-hydrogen) atoms. The van der Waals surface area contributed by atoms with Gasteiger partial charge >= 0.3 is 6.03 Å². The van der Waals surface area contributed by atoms with Crippen LogP contribution in [0.3, 0.4) is 0 Å². The number of pyridine rings is 1. The maximum atomic E-state index is 12.9. The van der Waals surface area contributed by atoms with Gasteiger partial charge in [0.05, 0.1) is 47.7 Å². The number of anilines is 3. The lowest BCUT2D eigenvalue weighted by molar-refractivity contribution is -0.0829. The molecule has 4 aromatic rings. The third kappa shape index (κ3) is 5.32. The van der Waals surface area contributed by atoms with E-state index in [9.17, 15) is 4.79 Å². The normalized spacial score (nSPS) is 14.7. The van der Waals surface area contributed by atoms with Crippen LogP contribution in [-0.4, -0.2) is 42.4 Å². The molecule has 10 nitrogen and oxygen atoms in total. The highest BCUT2D eigenvalue weighted by molar-refractivity contribution is 5.89. The molecule has 4 heterocycles. The molecule has 180 valence electrons. The van der Waals surface area contributed by atoms with E-state index in [1.165, 1.54) is 5.06 Å². The monoisotopic (exact) mass is 480 g/mol. The second-order valence-corrected chi connectivity index (χ2v) is 8.23. The molecule has 1 fully saturated rings. The Morgan fingerprint density at radius 1 is 1.06 bits per heavy atom.